The van der Waals surface area contributed by atoms with E-state index in [1.807, 2.05) is 6.07 Å². The lowest BCUT2D eigenvalue weighted by Gasteiger charge is -2.18. The summed E-state index contributed by atoms with van der Waals surface area (Å²) in [5.74, 6) is 1.24. The average Bonchev–Trinajstić information content (AvgIpc) is 3.44. The third-order valence-corrected chi connectivity index (χ3v) is 5.79. The molecular weight excluding hydrogens is 368 g/mol. The van der Waals surface area contributed by atoms with Crippen LogP contribution in [-0.4, -0.2) is 38.8 Å². The molecule has 4 rings (SSSR count). The first kappa shape index (κ1) is 19.2. The number of aromatic nitrogens is 1. The van der Waals surface area contributed by atoms with E-state index in [0.717, 1.165) is 18.4 Å². The van der Waals surface area contributed by atoms with Gasteiger partial charge in [-0.05, 0) is 43.5 Å². The smallest absolute Gasteiger partial charge is 0.251 e. The third kappa shape index (κ3) is 3.28. The molecule has 1 aliphatic rings. The number of benzene rings is 2. The van der Waals surface area contributed by atoms with E-state index in [0.29, 0.717) is 29.4 Å². The summed E-state index contributed by atoms with van der Waals surface area (Å²) >= 11 is 0. The quantitative estimate of drug-likeness (QED) is 0.636. The van der Waals surface area contributed by atoms with Crippen LogP contribution in [0.4, 0.5) is 0 Å². The van der Waals surface area contributed by atoms with Crippen molar-refractivity contribution in [1.82, 2.24) is 10.3 Å². The fourth-order valence-corrected chi connectivity index (χ4v) is 4.19. The number of methoxy groups -OCH3 is 3. The first-order valence-electron chi connectivity index (χ1n) is 9.69. The van der Waals surface area contributed by atoms with Crippen molar-refractivity contribution in [2.45, 2.75) is 25.2 Å². The molecule has 6 heteroatoms. The summed E-state index contributed by atoms with van der Waals surface area (Å²) in [4.78, 5) is 16.4. The Kier molecular flexibility index (Phi) is 4.86. The van der Waals surface area contributed by atoms with Crippen LogP contribution in [0.25, 0.3) is 10.9 Å². The van der Waals surface area contributed by atoms with Gasteiger partial charge in [0.05, 0.1) is 21.3 Å². The summed E-state index contributed by atoms with van der Waals surface area (Å²) in [6.07, 6.45) is 2.12. The van der Waals surface area contributed by atoms with Crippen LogP contribution in [0.3, 0.4) is 0 Å². The van der Waals surface area contributed by atoms with Crippen molar-refractivity contribution < 1.29 is 19.0 Å². The maximum absolute atomic E-state index is 12.9. The van der Waals surface area contributed by atoms with Crippen molar-refractivity contribution in [2.75, 3.05) is 27.9 Å². The number of carbonyl (C=O) groups is 1. The summed E-state index contributed by atoms with van der Waals surface area (Å²) in [6, 6.07) is 11.7. The number of hydrogen-bond donors (Lipinski definition) is 2. The minimum absolute atomic E-state index is 0.0139. The number of carbonyl (C=O) groups excluding carboxylic acids is 1. The highest BCUT2D eigenvalue weighted by Gasteiger charge is 2.47. The van der Waals surface area contributed by atoms with Crippen molar-refractivity contribution in [3.8, 4) is 17.2 Å². The Balaban J connectivity index is 1.58. The van der Waals surface area contributed by atoms with E-state index in [9.17, 15) is 4.79 Å². The van der Waals surface area contributed by atoms with E-state index in [2.05, 4.69) is 35.4 Å². The highest BCUT2D eigenvalue weighted by molar-refractivity contribution is 5.96. The van der Waals surface area contributed by atoms with Crippen LogP contribution in [-0.2, 0) is 5.41 Å². The second-order valence-corrected chi connectivity index (χ2v) is 7.55. The number of para-hydroxylation sites is 1. The number of hydrogen-bond acceptors (Lipinski definition) is 4. The zero-order valence-corrected chi connectivity index (χ0v) is 17.2. The monoisotopic (exact) mass is 394 g/mol. The van der Waals surface area contributed by atoms with Crippen LogP contribution < -0.4 is 19.5 Å². The molecule has 0 aliphatic heterocycles. The molecule has 3 aromatic rings. The molecule has 152 valence electrons. The topological polar surface area (TPSA) is 72.6 Å². The summed E-state index contributed by atoms with van der Waals surface area (Å²) in [7, 11) is 4.62. The number of amides is 1. The lowest BCUT2D eigenvalue weighted by atomic mass is 9.93. The molecular formula is C23H26N2O4. The summed E-state index contributed by atoms with van der Waals surface area (Å²) in [5, 5.41) is 4.36. The van der Waals surface area contributed by atoms with Gasteiger partial charge in [0.2, 0.25) is 5.75 Å². The van der Waals surface area contributed by atoms with Gasteiger partial charge in [0, 0.05) is 34.1 Å². The van der Waals surface area contributed by atoms with E-state index in [-0.39, 0.29) is 11.3 Å². The van der Waals surface area contributed by atoms with Crippen molar-refractivity contribution in [3.63, 3.8) is 0 Å². The van der Waals surface area contributed by atoms with Crippen LogP contribution in [0.1, 0.15) is 34.5 Å². The highest BCUT2D eigenvalue weighted by atomic mass is 16.5. The molecule has 0 spiro atoms. The third-order valence-electron chi connectivity index (χ3n) is 5.79. The lowest BCUT2D eigenvalue weighted by Crippen LogP contribution is -2.32. The van der Waals surface area contributed by atoms with E-state index in [1.165, 1.54) is 30.9 Å². The second-order valence-electron chi connectivity index (χ2n) is 7.55. The minimum Gasteiger partial charge on any atom is -0.493 e. The molecule has 0 atom stereocenters. The van der Waals surface area contributed by atoms with Gasteiger partial charge in [0.25, 0.3) is 5.91 Å². The van der Waals surface area contributed by atoms with Gasteiger partial charge in [-0.2, -0.15) is 0 Å². The van der Waals surface area contributed by atoms with Gasteiger partial charge in [-0.15, -0.1) is 0 Å². The van der Waals surface area contributed by atoms with Crippen LogP contribution in [0, 0.1) is 6.92 Å². The molecule has 0 radical (unpaired) electrons. The predicted molar refractivity (Wildman–Crippen MR) is 112 cm³/mol. The van der Waals surface area contributed by atoms with E-state index in [4.69, 9.17) is 14.2 Å². The van der Waals surface area contributed by atoms with Gasteiger partial charge < -0.3 is 24.5 Å². The van der Waals surface area contributed by atoms with Gasteiger partial charge in [-0.25, -0.2) is 0 Å². The largest absolute Gasteiger partial charge is 0.493 e. The summed E-state index contributed by atoms with van der Waals surface area (Å²) in [5.41, 5.74) is 4.09. The van der Waals surface area contributed by atoms with E-state index in [1.54, 1.807) is 19.2 Å². The summed E-state index contributed by atoms with van der Waals surface area (Å²) in [6.45, 7) is 2.70. The molecule has 1 amide bonds. The fourth-order valence-electron chi connectivity index (χ4n) is 4.19. The van der Waals surface area contributed by atoms with Gasteiger partial charge in [0.1, 0.15) is 0 Å². The molecule has 0 bridgehead atoms. The molecule has 0 saturated heterocycles. The Morgan fingerprint density at radius 1 is 1.07 bits per heavy atom. The molecule has 0 unspecified atom stereocenters. The molecule has 6 nitrogen and oxygen atoms in total. The maximum atomic E-state index is 12.9. The second kappa shape index (κ2) is 7.35. The van der Waals surface area contributed by atoms with Crippen molar-refractivity contribution >= 4 is 16.8 Å². The zero-order valence-electron chi connectivity index (χ0n) is 17.2. The molecule has 1 heterocycles. The fraction of sp³-hybridized carbons (Fsp3) is 0.348. The number of H-pyrrole nitrogens is 1. The molecule has 1 aliphatic carbocycles. The predicted octanol–water partition coefficient (Wildman–Crippen LogP) is 3.96. The molecule has 1 saturated carbocycles. The first-order valence-corrected chi connectivity index (χ1v) is 9.69. The number of aryl methyl sites for hydroxylation is 1. The SMILES string of the molecule is COc1cc(C(=O)NCC2(c3c(C)[nH]c4ccccc34)CC2)cc(OC)c1OC. The zero-order chi connectivity index (χ0) is 20.6. The minimum atomic E-state index is -0.159. The van der Waals surface area contributed by atoms with Crippen molar-refractivity contribution in [1.29, 1.82) is 0 Å². The molecule has 29 heavy (non-hydrogen) atoms. The molecule has 2 N–H and O–H groups in total. The number of fused-ring (bicyclic) bond motifs is 1. The normalized spacial score (nSPS) is 14.5. The number of rotatable bonds is 7. The van der Waals surface area contributed by atoms with E-state index >= 15 is 0 Å². The Labute approximate surface area is 170 Å². The Morgan fingerprint density at radius 2 is 1.72 bits per heavy atom. The van der Waals surface area contributed by atoms with Gasteiger partial charge in [-0.3, -0.25) is 4.79 Å². The number of aromatic amines is 1. The van der Waals surface area contributed by atoms with Crippen LogP contribution in [0.2, 0.25) is 0 Å². The highest BCUT2D eigenvalue weighted by Crippen LogP contribution is 2.51. The average molecular weight is 394 g/mol. The van der Waals surface area contributed by atoms with Crippen LogP contribution in [0.5, 0.6) is 17.2 Å². The van der Waals surface area contributed by atoms with Gasteiger partial charge >= 0.3 is 0 Å². The molecule has 1 fully saturated rings. The van der Waals surface area contributed by atoms with Crippen LogP contribution in [0.15, 0.2) is 36.4 Å². The van der Waals surface area contributed by atoms with Crippen molar-refractivity contribution in [2.24, 2.45) is 0 Å². The Bertz CT molecular complexity index is 1040. The maximum Gasteiger partial charge on any atom is 0.251 e. The molecule has 2 aromatic carbocycles. The Hall–Kier alpha value is -3.15. The van der Waals surface area contributed by atoms with Gasteiger partial charge in [0.15, 0.2) is 11.5 Å². The lowest BCUT2D eigenvalue weighted by molar-refractivity contribution is 0.0949. The van der Waals surface area contributed by atoms with E-state index < -0.39 is 0 Å². The number of ether oxygens (including phenoxy) is 3. The van der Waals surface area contributed by atoms with Crippen LogP contribution >= 0.6 is 0 Å². The Morgan fingerprint density at radius 3 is 2.31 bits per heavy atom. The van der Waals surface area contributed by atoms with Crippen molar-refractivity contribution in [3.05, 3.63) is 53.2 Å². The first-order chi connectivity index (χ1) is 14.0. The standard InChI is InChI=1S/C23H26N2O4/c1-14-20(16-7-5-6-8-17(16)25-14)23(9-10-23)13-24-22(26)15-11-18(27-2)21(29-4)19(12-15)28-3/h5-8,11-12,25H,9-10,13H2,1-4H3,(H,24,26). The number of nitrogens with one attached hydrogen (secondary N) is 2. The molecule has 1 aromatic heterocycles. The van der Waals surface area contributed by atoms with Gasteiger partial charge in [-0.1, -0.05) is 18.2 Å². The summed E-state index contributed by atoms with van der Waals surface area (Å²) < 4.78 is 16.1.